The summed E-state index contributed by atoms with van der Waals surface area (Å²) in [6, 6.07) is 3.63. The normalized spacial score (nSPS) is 16.4. The highest BCUT2D eigenvalue weighted by Crippen LogP contribution is 2.39. The average molecular weight is 270 g/mol. The summed E-state index contributed by atoms with van der Waals surface area (Å²) in [5.41, 5.74) is 0.848. The van der Waals surface area contributed by atoms with Crippen molar-refractivity contribution in [3.05, 3.63) is 22.7 Å². The van der Waals surface area contributed by atoms with Crippen LogP contribution in [0.25, 0.3) is 0 Å². The Hall–Kier alpha value is -1.22. The smallest absolute Gasteiger partial charge is 0.270 e. The number of hydrogen-bond acceptors (Lipinski definition) is 2. The highest BCUT2D eigenvalue weighted by Gasteiger charge is 2.39. The van der Waals surface area contributed by atoms with Crippen LogP contribution in [0.4, 0.5) is 5.69 Å². The van der Waals surface area contributed by atoms with Crippen molar-refractivity contribution in [1.82, 2.24) is 0 Å². The van der Waals surface area contributed by atoms with E-state index in [9.17, 15) is 4.79 Å². The molecule has 1 aliphatic heterocycles. The molecule has 18 heavy (non-hydrogen) atoms. The highest BCUT2D eigenvalue weighted by molar-refractivity contribution is 6.31. The zero-order valence-electron chi connectivity index (χ0n) is 11.8. The zero-order valence-corrected chi connectivity index (χ0v) is 12.6. The molecule has 0 N–H and O–H groups in total. The molecular weight excluding hydrogens is 250 g/mol. The van der Waals surface area contributed by atoms with Crippen molar-refractivity contribution in [2.45, 2.75) is 40.2 Å². The molecule has 2 rings (SSSR count). The van der Waals surface area contributed by atoms with Crippen LogP contribution >= 0.6 is 11.6 Å². The van der Waals surface area contributed by atoms with Gasteiger partial charge in [0.2, 0.25) is 0 Å². The van der Waals surface area contributed by atoms with Crippen LogP contribution in [-0.4, -0.2) is 18.6 Å². The van der Waals surface area contributed by atoms with E-state index in [-0.39, 0.29) is 5.91 Å². The van der Waals surface area contributed by atoms with Crippen molar-refractivity contribution in [3.63, 3.8) is 0 Å². The number of anilines is 1. The average Bonchev–Trinajstić information content (AvgIpc) is 2.32. The number of likely N-dealkylation sites (N-methyl/N-ethyl adjacent to an activating group) is 1. The summed E-state index contributed by atoms with van der Waals surface area (Å²) in [7, 11) is 1.73. The number of rotatable bonds is 0. The number of nitrogens with zero attached hydrogens (tertiary/aromatic N) is 1. The SMILES string of the molecule is CC.Cc1cc2c(cc1Cl)N(C)C(=O)C(C)(C)O2. The summed E-state index contributed by atoms with van der Waals surface area (Å²) in [4.78, 5) is 13.6. The van der Waals surface area contributed by atoms with Crippen molar-refractivity contribution in [3.8, 4) is 5.75 Å². The third-order valence-electron chi connectivity index (χ3n) is 2.79. The van der Waals surface area contributed by atoms with Crippen LogP contribution in [0.3, 0.4) is 0 Å². The second kappa shape index (κ2) is 5.19. The maximum atomic E-state index is 12.0. The molecule has 100 valence electrons. The summed E-state index contributed by atoms with van der Waals surface area (Å²) in [6.45, 7) is 9.44. The molecule has 0 saturated carbocycles. The second-order valence-electron chi connectivity index (χ2n) is 4.55. The van der Waals surface area contributed by atoms with Gasteiger partial charge in [-0.2, -0.15) is 0 Å². The van der Waals surface area contributed by atoms with E-state index in [4.69, 9.17) is 16.3 Å². The molecule has 0 saturated heterocycles. The Bertz CT molecular complexity index is 469. The zero-order chi connectivity index (χ0) is 14.1. The Labute approximate surface area is 114 Å². The first kappa shape index (κ1) is 14.8. The van der Waals surface area contributed by atoms with E-state index in [1.807, 2.05) is 26.8 Å². The van der Waals surface area contributed by atoms with Crippen LogP contribution in [0.5, 0.6) is 5.75 Å². The topological polar surface area (TPSA) is 29.5 Å². The number of halogens is 1. The Morgan fingerprint density at radius 2 is 1.83 bits per heavy atom. The lowest BCUT2D eigenvalue weighted by Gasteiger charge is -2.37. The van der Waals surface area contributed by atoms with Gasteiger partial charge in [-0.25, -0.2) is 0 Å². The first-order valence-electron chi connectivity index (χ1n) is 6.10. The van der Waals surface area contributed by atoms with E-state index in [1.165, 1.54) is 0 Å². The van der Waals surface area contributed by atoms with Gasteiger partial charge in [-0.1, -0.05) is 25.4 Å². The maximum Gasteiger partial charge on any atom is 0.270 e. The molecule has 0 atom stereocenters. The molecule has 3 nitrogen and oxygen atoms in total. The fraction of sp³-hybridized carbons (Fsp3) is 0.500. The van der Waals surface area contributed by atoms with Gasteiger partial charge in [-0.15, -0.1) is 0 Å². The Kier molecular flexibility index (Phi) is 4.28. The lowest BCUT2D eigenvalue weighted by Crippen LogP contribution is -2.50. The first-order valence-corrected chi connectivity index (χ1v) is 6.48. The first-order chi connectivity index (χ1) is 8.33. The van der Waals surface area contributed by atoms with Crippen LogP contribution in [0.1, 0.15) is 33.3 Å². The number of benzene rings is 1. The number of ether oxygens (including phenoxy) is 1. The summed E-state index contributed by atoms with van der Waals surface area (Å²) in [5, 5.41) is 0.640. The Balaban J connectivity index is 0.000000771. The van der Waals surface area contributed by atoms with E-state index in [2.05, 4.69) is 0 Å². The van der Waals surface area contributed by atoms with Crippen LogP contribution < -0.4 is 9.64 Å². The number of carbonyl (C=O) groups excluding carboxylic acids is 1. The molecule has 1 amide bonds. The Morgan fingerprint density at radius 3 is 2.39 bits per heavy atom. The van der Waals surface area contributed by atoms with Gasteiger partial charge in [0.05, 0.1) is 5.69 Å². The van der Waals surface area contributed by atoms with Gasteiger partial charge in [0.1, 0.15) is 5.75 Å². The molecule has 0 radical (unpaired) electrons. The summed E-state index contributed by atoms with van der Waals surface area (Å²) < 4.78 is 5.69. The van der Waals surface area contributed by atoms with Gasteiger partial charge in [0.15, 0.2) is 5.60 Å². The van der Waals surface area contributed by atoms with E-state index in [0.29, 0.717) is 10.8 Å². The van der Waals surface area contributed by atoms with Crippen LogP contribution in [-0.2, 0) is 4.79 Å². The molecule has 0 aliphatic carbocycles. The number of amides is 1. The van der Waals surface area contributed by atoms with Gasteiger partial charge in [0.25, 0.3) is 5.91 Å². The third-order valence-corrected chi connectivity index (χ3v) is 3.19. The van der Waals surface area contributed by atoms with Crippen molar-refractivity contribution in [2.24, 2.45) is 0 Å². The number of fused-ring (bicyclic) bond motifs is 1. The molecule has 1 aliphatic rings. The van der Waals surface area contributed by atoms with E-state index < -0.39 is 5.60 Å². The number of carbonyl (C=O) groups is 1. The van der Waals surface area contributed by atoms with E-state index in [0.717, 1.165) is 11.3 Å². The molecule has 1 aromatic carbocycles. The lowest BCUT2D eigenvalue weighted by molar-refractivity contribution is -0.132. The van der Waals surface area contributed by atoms with Gasteiger partial charge in [0, 0.05) is 12.1 Å². The lowest BCUT2D eigenvalue weighted by atomic mass is 10.0. The fourth-order valence-electron chi connectivity index (χ4n) is 1.82. The standard InChI is InChI=1S/C12H14ClNO2.C2H6/c1-7-5-10-9(6-8(7)13)14(4)11(15)12(2,3)16-10;1-2/h5-6H,1-4H3;1-2H3. The molecule has 4 heteroatoms. The minimum absolute atomic E-state index is 0.0695. The number of hydrogen-bond donors (Lipinski definition) is 0. The predicted molar refractivity (Wildman–Crippen MR) is 75.7 cm³/mol. The van der Waals surface area contributed by atoms with Crippen LogP contribution in [0, 0.1) is 6.92 Å². The summed E-state index contributed by atoms with van der Waals surface area (Å²) >= 11 is 6.04. The van der Waals surface area contributed by atoms with Crippen molar-refractivity contribution < 1.29 is 9.53 Å². The van der Waals surface area contributed by atoms with Crippen LogP contribution in [0.2, 0.25) is 5.02 Å². The minimum atomic E-state index is -0.817. The van der Waals surface area contributed by atoms with Crippen molar-refractivity contribution in [1.29, 1.82) is 0 Å². The number of aryl methyl sites for hydroxylation is 1. The molecule has 1 aromatic rings. The second-order valence-corrected chi connectivity index (χ2v) is 4.95. The van der Waals surface area contributed by atoms with E-state index in [1.54, 1.807) is 31.9 Å². The van der Waals surface area contributed by atoms with Crippen molar-refractivity contribution in [2.75, 3.05) is 11.9 Å². The highest BCUT2D eigenvalue weighted by atomic mass is 35.5. The van der Waals surface area contributed by atoms with Gasteiger partial charge < -0.3 is 9.64 Å². The molecule has 0 spiro atoms. The van der Waals surface area contributed by atoms with Crippen LogP contribution in [0.15, 0.2) is 12.1 Å². The third kappa shape index (κ3) is 2.46. The van der Waals surface area contributed by atoms with Gasteiger partial charge >= 0.3 is 0 Å². The van der Waals surface area contributed by atoms with Gasteiger partial charge in [-0.05, 0) is 38.5 Å². The molecule has 0 unspecified atom stereocenters. The molecule has 0 aromatic heterocycles. The fourth-order valence-corrected chi connectivity index (χ4v) is 1.98. The molecule has 1 heterocycles. The monoisotopic (exact) mass is 269 g/mol. The molecular formula is C14H20ClNO2. The van der Waals surface area contributed by atoms with E-state index >= 15 is 0 Å². The summed E-state index contributed by atoms with van der Waals surface area (Å²) in [6.07, 6.45) is 0. The molecule has 0 bridgehead atoms. The largest absolute Gasteiger partial charge is 0.476 e. The Morgan fingerprint density at radius 1 is 1.28 bits per heavy atom. The quantitative estimate of drug-likeness (QED) is 0.717. The molecule has 0 fully saturated rings. The summed E-state index contributed by atoms with van der Waals surface area (Å²) in [5.74, 6) is 0.633. The van der Waals surface area contributed by atoms with Crippen molar-refractivity contribution >= 4 is 23.2 Å². The predicted octanol–water partition coefficient (Wildman–Crippen LogP) is 3.81. The maximum absolute atomic E-state index is 12.0. The minimum Gasteiger partial charge on any atom is -0.476 e. The van der Waals surface area contributed by atoms with Gasteiger partial charge in [-0.3, -0.25) is 4.79 Å².